The second-order valence-corrected chi connectivity index (χ2v) is 8.56. The molecule has 3 N–H and O–H groups in total. The maximum absolute atomic E-state index is 13.7. The molecule has 4 heterocycles. The number of nitrogens with two attached hydrogens (primary N) is 1. The number of aromatic nitrogens is 1. The molecule has 1 unspecified atom stereocenters. The summed E-state index contributed by atoms with van der Waals surface area (Å²) >= 11 is 1.08. The lowest BCUT2D eigenvalue weighted by Crippen LogP contribution is -2.40. The first-order chi connectivity index (χ1) is 17.0. The van der Waals surface area contributed by atoms with E-state index >= 15 is 0 Å². The van der Waals surface area contributed by atoms with E-state index in [4.69, 9.17) is 19.3 Å². The Labute approximate surface area is 202 Å². The third-order valence-electron chi connectivity index (χ3n) is 5.51. The molecule has 5 rings (SSSR count). The van der Waals surface area contributed by atoms with Gasteiger partial charge in [-0.2, -0.15) is 5.26 Å². The number of rotatable bonds is 5. The standard InChI is InChI=1S/C25H18N4O5S/c1-32-15-8-6-14(7-9-15)28-23(30)21-20(18-5-3-11-34-18)17(13-26)22(27)29-24(31)19(35-25(21)29)12-16-4-2-10-33-16/h2-12,20H,27H2,1H3,(H,28,30)/b19-12-. The Kier molecular flexibility index (Phi) is 5.60. The summed E-state index contributed by atoms with van der Waals surface area (Å²) in [5.41, 5.74) is 6.58. The third kappa shape index (κ3) is 3.84. The zero-order chi connectivity index (χ0) is 24.5. The number of nitrogens with zero attached hydrogens (tertiary/aromatic N) is 2. The largest absolute Gasteiger partial charge is 0.497 e. The fourth-order valence-electron chi connectivity index (χ4n) is 3.88. The maximum atomic E-state index is 13.7. The first kappa shape index (κ1) is 22.1. The zero-order valence-corrected chi connectivity index (χ0v) is 19.2. The number of hydrogen-bond acceptors (Lipinski definition) is 8. The Morgan fingerprint density at radius 1 is 1.20 bits per heavy atom. The second-order valence-electron chi connectivity index (χ2n) is 7.53. The lowest BCUT2D eigenvalue weighted by atomic mass is 9.87. The van der Waals surface area contributed by atoms with Crippen LogP contribution in [-0.4, -0.2) is 17.6 Å². The normalized spacial score (nSPS) is 15.6. The van der Waals surface area contributed by atoms with Gasteiger partial charge in [-0.25, -0.2) is 0 Å². The first-order valence-corrected chi connectivity index (χ1v) is 11.2. The number of nitrogens with one attached hydrogen (secondary N) is 1. The van der Waals surface area contributed by atoms with Gasteiger partial charge in [-0.15, -0.1) is 11.3 Å². The van der Waals surface area contributed by atoms with Gasteiger partial charge in [0.2, 0.25) is 0 Å². The van der Waals surface area contributed by atoms with E-state index in [0.717, 1.165) is 11.3 Å². The van der Waals surface area contributed by atoms with Crippen LogP contribution in [0, 0.1) is 11.3 Å². The summed E-state index contributed by atoms with van der Waals surface area (Å²) in [6.07, 6.45) is 4.51. The number of methoxy groups -OCH3 is 1. The lowest BCUT2D eigenvalue weighted by Gasteiger charge is -2.23. The number of carbonyl (C=O) groups excluding carboxylic acids is 1. The van der Waals surface area contributed by atoms with Gasteiger partial charge in [0, 0.05) is 11.8 Å². The number of thiazole rings is 1. The number of anilines is 1. The third-order valence-corrected chi connectivity index (χ3v) is 6.61. The highest BCUT2D eigenvalue weighted by Crippen LogP contribution is 2.36. The molecule has 9 nitrogen and oxygen atoms in total. The van der Waals surface area contributed by atoms with Crippen LogP contribution in [0.1, 0.15) is 17.4 Å². The van der Waals surface area contributed by atoms with Gasteiger partial charge >= 0.3 is 0 Å². The number of allylic oxidation sites excluding steroid dienone is 1. The van der Waals surface area contributed by atoms with Crippen molar-refractivity contribution in [3.8, 4) is 11.8 Å². The van der Waals surface area contributed by atoms with Gasteiger partial charge in [0.25, 0.3) is 11.5 Å². The van der Waals surface area contributed by atoms with Crippen LogP contribution >= 0.6 is 11.3 Å². The molecule has 0 saturated heterocycles. The molecule has 1 aliphatic heterocycles. The van der Waals surface area contributed by atoms with Gasteiger partial charge in [0.05, 0.1) is 47.3 Å². The van der Waals surface area contributed by atoms with Crippen LogP contribution in [0.25, 0.3) is 17.5 Å². The van der Waals surface area contributed by atoms with Crippen LogP contribution in [0.15, 0.2) is 80.3 Å². The molecule has 1 aromatic carbocycles. The average molecular weight is 487 g/mol. The fraction of sp³-hybridized carbons (Fsp3) is 0.0800. The van der Waals surface area contributed by atoms with Crippen LogP contribution < -0.4 is 30.5 Å². The molecule has 0 aliphatic carbocycles. The number of fused-ring (bicyclic) bond motifs is 1. The summed E-state index contributed by atoms with van der Waals surface area (Å²) in [5, 5.41) is 12.8. The predicted octanol–water partition coefficient (Wildman–Crippen LogP) is 2.17. The highest BCUT2D eigenvalue weighted by atomic mass is 32.1. The second kappa shape index (κ2) is 8.89. The monoisotopic (exact) mass is 486 g/mol. The van der Waals surface area contributed by atoms with Crippen molar-refractivity contribution in [2.45, 2.75) is 5.92 Å². The summed E-state index contributed by atoms with van der Waals surface area (Å²) in [6.45, 7) is 0. The molecule has 1 aliphatic rings. The van der Waals surface area contributed by atoms with E-state index in [1.54, 1.807) is 61.7 Å². The number of amides is 1. The minimum Gasteiger partial charge on any atom is -0.497 e. The molecule has 0 fully saturated rings. The van der Waals surface area contributed by atoms with E-state index in [1.807, 2.05) is 0 Å². The van der Waals surface area contributed by atoms with Crippen LogP contribution in [0.4, 0.5) is 5.69 Å². The molecule has 1 amide bonds. The molecule has 4 aromatic rings. The molecule has 3 aromatic heterocycles. The number of carbonyl (C=O) groups is 1. The Hall–Kier alpha value is -4.75. The van der Waals surface area contributed by atoms with E-state index in [1.165, 1.54) is 17.1 Å². The van der Waals surface area contributed by atoms with Crippen molar-refractivity contribution >= 4 is 40.4 Å². The van der Waals surface area contributed by atoms with Crippen molar-refractivity contribution in [1.29, 1.82) is 5.26 Å². The molecule has 10 heteroatoms. The van der Waals surface area contributed by atoms with E-state index in [0.29, 0.717) is 32.2 Å². The molecular formula is C25H18N4O5S. The smallest absolute Gasteiger partial charge is 0.274 e. The van der Waals surface area contributed by atoms with Crippen molar-refractivity contribution in [2.75, 3.05) is 12.4 Å². The summed E-state index contributed by atoms with van der Waals surface area (Å²) in [7, 11) is 1.55. The van der Waals surface area contributed by atoms with Gasteiger partial charge in [-0.1, -0.05) is 0 Å². The number of benzene rings is 1. The summed E-state index contributed by atoms with van der Waals surface area (Å²) in [4.78, 5) is 27.0. The van der Waals surface area contributed by atoms with Crippen LogP contribution in [-0.2, 0) is 4.79 Å². The molecule has 0 bridgehead atoms. The Bertz CT molecular complexity index is 1650. The fourth-order valence-corrected chi connectivity index (χ4v) is 5.04. The van der Waals surface area contributed by atoms with Crippen molar-refractivity contribution in [3.63, 3.8) is 0 Å². The number of hydrogen-bond donors (Lipinski definition) is 2. The SMILES string of the molecule is COc1ccc(NC(=O)C2=c3s/c(=C\c4ccco4)c(=O)n3C(N)=C(C#N)C2c2ccco2)cc1. The molecule has 0 radical (unpaired) electrons. The van der Waals surface area contributed by atoms with Gasteiger partial charge in [-0.3, -0.25) is 14.2 Å². The Morgan fingerprint density at radius 2 is 1.94 bits per heavy atom. The molecule has 0 spiro atoms. The highest BCUT2D eigenvalue weighted by molar-refractivity contribution is 7.07. The quantitative estimate of drug-likeness (QED) is 0.441. The maximum Gasteiger partial charge on any atom is 0.274 e. The minimum absolute atomic E-state index is 0.0387. The zero-order valence-electron chi connectivity index (χ0n) is 18.3. The lowest BCUT2D eigenvalue weighted by molar-refractivity contribution is -0.111. The van der Waals surface area contributed by atoms with Crippen molar-refractivity contribution in [3.05, 3.63) is 97.7 Å². The molecule has 174 valence electrons. The van der Waals surface area contributed by atoms with E-state index in [2.05, 4.69) is 11.4 Å². The van der Waals surface area contributed by atoms with E-state index < -0.39 is 17.4 Å². The highest BCUT2D eigenvalue weighted by Gasteiger charge is 2.37. The predicted molar refractivity (Wildman–Crippen MR) is 130 cm³/mol. The van der Waals surface area contributed by atoms with Crippen molar-refractivity contribution < 1.29 is 18.4 Å². The van der Waals surface area contributed by atoms with Gasteiger partial charge < -0.3 is 24.6 Å². The Balaban J connectivity index is 1.76. The van der Waals surface area contributed by atoms with E-state index in [-0.39, 0.29) is 17.0 Å². The minimum atomic E-state index is -0.900. The number of ether oxygens (including phenoxy) is 1. The number of nitriles is 1. The average Bonchev–Trinajstić information content (AvgIpc) is 3.62. The van der Waals surface area contributed by atoms with Gasteiger partial charge in [-0.05, 0) is 48.5 Å². The van der Waals surface area contributed by atoms with Crippen LogP contribution in [0.5, 0.6) is 5.75 Å². The summed E-state index contributed by atoms with van der Waals surface area (Å²) in [6, 6.07) is 15.6. The summed E-state index contributed by atoms with van der Waals surface area (Å²) < 4.78 is 17.9. The van der Waals surface area contributed by atoms with Crippen LogP contribution in [0.3, 0.4) is 0 Å². The van der Waals surface area contributed by atoms with Crippen LogP contribution in [0.2, 0.25) is 0 Å². The number of furan rings is 2. The topological polar surface area (TPSA) is 136 Å². The van der Waals surface area contributed by atoms with Crippen molar-refractivity contribution in [1.82, 2.24) is 4.57 Å². The summed E-state index contributed by atoms with van der Waals surface area (Å²) in [5.74, 6) is 0.00282. The van der Waals surface area contributed by atoms with Gasteiger partial charge in [0.1, 0.15) is 27.8 Å². The molecule has 1 atom stereocenters. The molecule has 0 saturated carbocycles. The van der Waals surface area contributed by atoms with Gasteiger partial charge in [0.15, 0.2) is 0 Å². The molecular weight excluding hydrogens is 468 g/mol. The van der Waals surface area contributed by atoms with Crippen molar-refractivity contribution in [2.24, 2.45) is 5.73 Å². The Morgan fingerprint density at radius 3 is 2.57 bits per heavy atom. The molecule has 35 heavy (non-hydrogen) atoms. The first-order valence-electron chi connectivity index (χ1n) is 10.4. The van der Waals surface area contributed by atoms with E-state index in [9.17, 15) is 14.9 Å².